The van der Waals surface area contributed by atoms with Crippen molar-refractivity contribution in [1.29, 1.82) is 0 Å². The molecule has 0 amide bonds. The molecule has 0 bridgehead atoms. The largest absolute Gasteiger partial charge is 0.305 e. The molecule has 0 aromatic heterocycles. The van der Waals surface area contributed by atoms with Crippen molar-refractivity contribution in [3.05, 3.63) is 65.7 Å². The van der Waals surface area contributed by atoms with Crippen molar-refractivity contribution in [3.8, 4) is 0 Å². The summed E-state index contributed by atoms with van der Waals surface area (Å²) in [6.07, 6.45) is 0.931. The summed E-state index contributed by atoms with van der Waals surface area (Å²) in [4.78, 5) is 0. The number of rotatable bonds is 10. The van der Waals surface area contributed by atoms with Crippen LogP contribution in [-0.2, 0) is 27.5 Å². The fourth-order valence-electron chi connectivity index (χ4n) is 2.89. The quantitative estimate of drug-likeness (QED) is 0.479. The Hall–Kier alpha value is -1.93. The van der Waals surface area contributed by atoms with Gasteiger partial charge in [-0.15, -0.1) is 3.89 Å². The van der Waals surface area contributed by atoms with Gasteiger partial charge in [0.2, 0.25) is 10.9 Å². The predicted octanol–water partition coefficient (Wildman–Crippen LogP) is 3.41. The molecule has 148 valence electrons. The molecule has 5 nitrogen and oxygen atoms in total. The number of anilines is 1. The van der Waals surface area contributed by atoms with Crippen molar-refractivity contribution in [2.24, 2.45) is 0 Å². The highest BCUT2D eigenvalue weighted by Gasteiger charge is 2.24. The summed E-state index contributed by atoms with van der Waals surface area (Å²) in [6, 6.07) is 16.3. The highest BCUT2D eigenvalue weighted by molar-refractivity contribution is 7.87. The van der Waals surface area contributed by atoms with E-state index in [-0.39, 0.29) is 25.8 Å². The molecule has 8 heteroatoms. The molecule has 2 aromatic rings. The van der Waals surface area contributed by atoms with Crippen molar-refractivity contribution in [3.63, 3.8) is 0 Å². The number of thiol groups is 1. The molecular formula is C19H24FNO4S2. The summed E-state index contributed by atoms with van der Waals surface area (Å²) in [5.74, 6) is 0. The Kier molecular flexibility index (Phi) is 7.79. The van der Waals surface area contributed by atoms with E-state index in [1.165, 1.54) is 4.31 Å². The molecule has 0 aliphatic rings. The topological polar surface area (TPSA) is 71.5 Å². The average molecular weight is 414 g/mol. The zero-order chi connectivity index (χ0) is 19.9. The second kappa shape index (κ2) is 9.85. The fraction of sp³-hybridized carbons (Fsp3) is 0.368. The van der Waals surface area contributed by atoms with Crippen LogP contribution in [0.1, 0.15) is 30.4 Å². The monoisotopic (exact) mass is 413 g/mol. The number of nitrogens with zero attached hydrogens (tertiary/aromatic N) is 1. The van der Waals surface area contributed by atoms with E-state index in [2.05, 4.69) is 0 Å². The van der Waals surface area contributed by atoms with E-state index in [0.29, 0.717) is 12.1 Å². The van der Waals surface area contributed by atoms with Gasteiger partial charge in [-0.3, -0.25) is 4.31 Å². The first-order valence-corrected chi connectivity index (χ1v) is 11.3. The molecule has 0 fully saturated rings. The Morgan fingerprint density at radius 1 is 1.00 bits per heavy atom. The van der Waals surface area contributed by atoms with Crippen LogP contribution < -0.4 is 4.31 Å². The van der Waals surface area contributed by atoms with Gasteiger partial charge in [0.1, 0.15) is 0 Å². The molecule has 27 heavy (non-hydrogen) atoms. The van der Waals surface area contributed by atoms with E-state index in [0.717, 1.165) is 11.1 Å². The molecule has 2 rings (SSSR count). The summed E-state index contributed by atoms with van der Waals surface area (Å²) in [5, 5.41) is -1.14. The lowest BCUT2D eigenvalue weighted by atomic mass is 10.1. The minimum Gasteiger partial charge on any atom is -0.272 e. The third-order valence-electron chi connectivity index (χ3n) is 4.42. The molecule has 0 heterocycles. The van der Waals surface area contributed by atoms with Crippen LogP contribution in [0.5, 0.6) is 0 Å². The normalized spacial score (nSPS) is 12.9. The van der Waals surface area contributed by atoms with E-state index in [1.807, 2.05) is 37.3 Å². The standard InChI is InChI=1S/C19H24FNO4S2/c1-16-9-12-18(13-10-16)21(26(22)23)15-5-8-19(27(20,24)25)14-11-17-6-3-2-4-7-17/h2-4,6-7,9-10,12-13,19,26H,5,8,11,14-15H2,1H3. The Labute approximate surface area is 162 Å². The maximum absolute atomic E-state index is 13.6. The summed E-state index contributed by atoms with van der Waals surface area (Å²) in [7, 11) is -7.56. The lowest BCUT2D eigenvalue weighted by Gasteiger charge is -2.19. The fourth-order valence-corrected chi connectivity index (χ4v) is 4.36. The van der Waals surface area contributed by atoms with Gasteiger partial charge in [0.15, 0.2) is 0 Å². The number of hydrogen-bond donors (Lipinski definition) is 1. The zero-order valence-corrected chi connectivity index (χ0v) is 16.8. The summed E-state index contributed by atoms with van der Waals surface area (Å²) >= 11 is 0. The molecule has 0 saturated carbocycles. The van der Waals surface area contributed by atoms with Crippen molar-refractivity contribution in [2.75, 3.05) is 10.8 Å². The number of halogens is 1. The summed E-state index contributed by atoms with van der Waals surface area (Å²) in [6.45, 7) is 2.01. The summed E-state index contributed by atoms with van der Waals surface area (Å²) in [5.41, 5.74) is 2.46. The van der Waals surface area contributed by atoms with E-state index >= 15 is 0 Å². The molecule has 0 spiro atoms. The number of benzene rings is 2. The van der Waals surface area contributed by atoms with Crippen LogP contribution in [0.15, 0.2) is 54.6 Å². The minimum absolute atomic E-state index is 0.0667. The Morgan fingerprint density at radius 2 is 1.63 bits per heavy atom. The molecular weight excluding hydrogens is 389 g/mol. The van der Waals surface area contributed by atoms with Crippen LogP contribution in [0.3, 0.4) is 0 Å². The van der Waals surface area contributed by atoms with E-state index in [1.54, 1.807) is 24.3 Å². The second-order valence-electron chi connectivity index (χ2n) is 6.46. The van der Waals surface area contributed by atoms with E-state index in [4.69, 9.17) is 0 Å². The van der Waals surface area contributed by atoms with Crippen molar-refractivity contribution < 1.29 is 20.7 Å². The van der Waals surface area contributed by atoms with Crippen molar-refractivity contribution >= 4 is 26.8 Å². The maximum Gasteiger partial charge on any atom is 0.305 e. The predicted molar refractivity (Wildman–Crippen MR) is 107 cm³/mol. The number of hydrogen-bond acceptors (Lipinski definition) is 4. The van der Waals surface area contributed by atoms with Crippen LogP contribution in [0, 0.1) is 6.92 Å². The van der Waals surface area contributed by atoms with Gasteiger partial charge in [-0.25, -0.2) is 8.42 Å². The molecule has 0 aliphatic carbocycles. The SMILES string of the molecule is Cc1ccc(N(CCCC(CCc2ccccc2)S(=O)(=O)F)[SH](=O)=O)cc1. The average Bonchev–Trinajstić information content (AvgIpc) is 2.61. The lowest BCUT2D eigenvalue weighted by molar-refractivity contribution is 0.512. The van der Waals surface area contributed by atoms with Crippen LogP contribution in [0.25, 0.3) is 0 Å². The van der Waals surface area contributed by atoms with Crippen LogP contribution >= 0.6 is 0 Å². The highest BCUT2D eigenvalue weighted by Crippen LogP contribution is 2.20. The third kappa shape index (κ3) is 6.95. The van der Waals surface area contributed by atoms with Gasteiger partial charge in [-0.05, 0) is 50.3 Å². The molecule has 0 radical (unpaired) electrons. The molecule has 0 saturated heterocycles. The molecule has 1 unspecified atom stereocenters. The zero-order valence-electron chi connectivity index (χ0n) is 15.1. The van der Waals surface area contributed by atoms with Gasteiger partial charge in [-0.2, -0.15) is 8.42 Å². The van der Waals surface area contributed by atoms with Crippen LogP contribution in [0.4, 0.5) is 9.57 Å². The highest BCUT2D eigenvalue weighted by atomic mass is 32.3. The Balaban J connectivity index is 1.97. The lowest BCUT2D eigenvalue weighted by Crippen LogP contribution is -2.25. The molecule has 0 aliphatic heterocycles. The summed E-state index contributed by atoms with van der Waals surface area (Å²) < 4.78 is 60.9. The Bertz CT molecular complexity index is 889. The van der Waals surface area contributed by atoms with Gasteiger partial charge in [0, 0.05) is 6.54 Å². The molecule has 2 aromatic carbocycles. The number of aryl methyl sites for hydroxylation is 2. The van der Waals surface area contributed by atoms with Gasteiger partial charge < -0.3 is 0 Å². The van der Waals surface area contributed by atoms with E-state index in [9.17, 15) is 20.7 Å². The van der Waals surface area contributed by atoms with Gasteiger partial charge in [0.05, 0.1) is 10.9 Å². The Morgan fingerprint density at radius 3 is 2.19 bits per heavy atom. The van der Waals surface area contributed by atoms with Gasteiger partial charge >= 0.3 is 10.2 Å². The first-order chi connectivity index (χ1) is 12.8. The van der Waals surface area contributed by atoms with Crippen LogP contribution in [0.2, 0.25) is 0 Å². The molecule has 0 N–H and O–H groups in total. The molecule has 1 atom stereocenters. The third-order valence-corrected chi connectivity index (χ3v) is 6.51. The van der Waals surface area contributed by atoms with Crippen LogP contribution in [-0.4, -0.2) is 28.6 Å². The smallest absolute Gasteiger partial charge is 0.272 e. The first kappa shape index (κ1) is 21.4. The van der Waals surface area contributed by atoms with Crippen molar-refractivity contribution in [2.45, 2.75) is 37.9 Å². The van der Waals surface area contributed by atoms with Crippen molar-refractivity contribution in [1.82, 2.24) is 0 Å². The first-order valence-electron chi connectivity index (χ1n) is 8.73. The minimum atomic E-state index is -4.69. The second-order valence-corrected chi connectivity index (χ2v) is 9.04. The maximum atomic E-state index is 13.6. The van der Waals surface area contributed by atoms with E-state index < -0.39 is 26.4 Å². The van der Waals surface area contributed by atoms with Gasteiger partial charge in [0.25, 0.3) is 0 Å². The van der Waals surface area contributed by atoms with Gasteiger partial charge in [-0.1, -0.05) is 48.0 Å².